The molecule has 2 nitrogen and oxygen atoms in total. The summed E-state index contributed by atoms with van der Waals surface area (Å²) in [5.41, 5.74) is 1.43. The topological polar surface area (TPSA) is 24.9 Å². The van der Waals surface area contributed by atoms with Crippen LogP contribution >= 0.6 is 0 Å². The minimum atomic E-state index is 0.512. The third-order valence-corrected chi connectivity index (χ3v) is 3.76. The Morgan fingerprint density at radius 3 is 3.00 bits per heavy atom. The van der Waals surface area contributed by atoms with Crippen molar-refractivity contribution in [1.82, 2.24) is 10.3 Å². The molecule has 0 bridgehead atoms. The molecule has 1 saturated carbocycles. The summed E-state index contributed by atoms with van der Waals surface area (Å²) >= 11 is 0. The second-order valence-corrected chi connectivity index (χ2v) is 5.21. The van der Waals surface area contributed by atoms with Crippen LogP contribution in [0.2, 0.25) is 0 Å². The van der Waals surface area contributed by atoms with Crippen molar-refractivity contribution in [2.45, 2.75) is 32.2 Å². The van der Waals surface area contributed by atoms with Crippen molar-refractivity contribution in [3.63, 3.8) is 0 Å². The average molecular weight is 240 g/mol. The molecular formula is C16H20N2. The highest BCUT2D eigenvalue weighted by Gasteiger charge is 2.32. The van der Waals surface area contributed by atoms with Crippen LogP contribution in [0.3, 0.4) is 0 Å². The van der Waals surface area contributed by atoms with Gasteiger partial charge in [-0.2, -0.15) is 0 Å². The average Bonchev–Trinajstić information content (AvgIpc) is 3.24. The van der Waals surface area contributed by atoms with Crippen LogP contribution in [0.1, 0.15) is 37.8 Å². The summed E-state index contributed by atoms with van der Waals surface area (Å²) in [6, 6.07) is 9.21. The van der Waals surface area contributed by atoms with Gasteiger partial charge in [0.05, 0.1) is 0 Å². The lowest BCUT2D eigenvalue weighted by Crippen LogP contribution is -2.24. The molecule has 1 aromatic heterocycles. The van der Waals surface area contributed by atoms with E-state index in [0.717, 1.165) is 12.5 Å². The van der Waals surface area contributed by atoms with Crippen LogP contribution in [-0.4, -0.2) is 11.5 Å². The van der Waals surface area contributed by atoms with E-state index >= 15 is 0 Å². The minimum absolute atomic E-state index is 0.512. The number of benzene rings is 1. The molecule has 18 heavy (non-hydrogen) atoms. The van der Waals surface area contributed by atoms with Gasteiger partial charge in [0.15, 0.2) is 0 Å². The summed E-state index contributed by atoms with van der Waals surface area (Å²) in [6.07, 6.45) is 7.79. The Morgan fingerprint density at radius 1 is 1.33 bits per heavy atom. The molecular weight excluding hydrogens is 220 g/mol. The SMILES string of the molecule is CCCNC(c1cccc2ccncc12)C1CC1. The molecule has 1 aliphatic rings. The fourth-order valence-electron chi connectivity index (χ4n) is 2.67. The Morgan fingerprint density at radius 2 is 2.22 bits per heavy atom. The molecule has 2 aromatic rings. The Labute approximate surface area is 108 Å². The van der Waals surface area contributed by atoms with Gasteiger partial charge in [-0.15, -0.1) is 0 Å². The maximum Gasteiger partial charge on any atom is 0.0355 e. The van der Waals surface area contributed by atoms with Crippen molar-refractivity contribution in [2.75, 3.05) is 6.54 Å². The molecule has 0 amide bonds. The smallest absolute Gasteiger partial charge is 0.0355 e. The predicted octanol–water partition coefficient (Wildman–Crippen LogP) is 3.69. The van der Waals surface area contributed by atoms with Gasteiger partial charge in [0.2, 0.25) is 0 Å². The van der Waals surface area contributed by atoms with Crippen LogP contribution in [0.25, 0.3) is 10.8 Å². The van der Waals surface area contributed by atoms with E-state index in [1.165, 1.54) is 35.6 Å². The summed E-state index contributed by atoms with van der Waals surface area (Å²) in [6.45, 7) is 3.32. The quantitative estimate of drug-likeness (QED) is 0.862. The molecule has 1 unspecified atom stereocenters. The normalized spacial score (nSPS) is 16.9. The number of aromatic nitrogens is 1. The van der Waals surface area contributed by atoms with Crippen molar-refractivity contribution >= 4 is 10.8 Å². The lowest BCUT2D eigenvalue weighted by Gasteiger charge is -2.20. The van der Waals surface area contributed by atoms with E-state index in [1.54, 1.807) is 0 Å². The summed E-state index contributed by atoms with van der Waals surface area (Å²) in [5, 5.41) is 6.32. The van der Waals surface area contributed by atoms with Crippen molar-refractivity contribution < 1.29 is 0 Å². The highest BCUT2D eigenvalue weighted by molar-refractivity contribution is 5.85. The minimum Gasteiger partial charge on any atom is -0.310 e. The van der Waals surface area contributed by atoms with E-state index in [-0.39, 0.29) is 0 Å². The second-order valence-electron chi connectivity index (χ2n) is 5.21. The van der Waals surface area contributed by atoms with E-state index in [4.69, 9.17) is 0 Å². The molecule has 1 heterocycles. The van der Waals surface area contributed by atoms with E-state index in [9.17, 15) is 0 Å². The zero-order valence-electron chi connectivity index (χ0n) is 10.9. The Kier molecular flexibility index (Phi) is 3.28. The van der Waals surface area contributed by atoms with E-state index in [1.807, 2.05) is 12.4 Å². The number of nitrogens with one attached hydrogen (secondary N) is 1. The molecule has 1 aliphatic carbocycles. The maximum atomic E-state index is 4.29. The lowest BCUT2D eigenvalue weighted by molar-refractivity contribution is 0.484. The van der Waals surface area contributed by atoms with Crippen LogP contribution in [0.5, 0.6) is 0 Å². The van der Waals surface area contributed by atoms with Gasteiger partial charge in [0, 0.05) is 23.8 Å². The Balaban J connectivity index is 2.00. The molecule has 3 rings (SSSR count). The van der Waals surface area contributed by atoms with Gasteiger partial charge in [-0.05, 0) is 48.7 Å². The highest BCUT2D eigenvalue weighted by atomic mass is 14.9. The van der Waals surface area contributed by atoms with Crippen molar-refractivity contribution in [2.24, 2.45) is 5.92 Å². The monoisotopic (exact) mass is 240 g/mol. The molecule has 1 atom stereocenters. The zero-order chi connectivity index (χ0) is 12.4. The van der Waals surface area contributed by atoms with E-state index in [0.29, 0.717) is 6.04 Å². The molecule has 1 N–H and O–H groups in total. The first-order chi connectivity index (χ1) is 8.90. The number of fused-ring (bicyclic) bond motifs is 1. The first kappa shape index (κ1) is 11.7. The van der Waals surface area contributed by atoms with Gasteiger partial charge < -0.3 is 5.32 Å². The second kappa shape index (κ2) is 5.07. The van der Waals surface area contributed by atoms with Gasteiger partial charge in [-0.1, -0.05) is 25.1 Å². The highest BCUT2D eigenvalue weighted by Crippen LogP contribution is 2.42. The zero-order valence-corrected chi connectivity index (χ0v) is 10.9. The fourth-order valence-corrected chi connectivity index (χ4v) is 2.67. The fraction of sp³-hybridized carbons (Fsp3) is 0.438. The third-order valence-electron chi connectivity index (χ3n) is 3.76. The molecule has 2 heteroatoms. The third kappa shape index (κ3) is 2.25. The summed E-state index contributed by atoms with van der Waals surface area (Å²) < 4.78 is 0. The Bertz CT molecular complexity index is 526. The molecule has 0 spiro atoms. The number of hydrogen-bond donors (Lipinski definition) is 1. The van der Waals surface area contributed by atoms with Gasteiger partial charge in [0.25, 0.3) is 0 Å². The van der Waals surface area contributed by atoms with Gasteiger partial charge in [-0.3, -0.25) is 4.98 Å². The molecule has 0 saturated heterocycles. The van der Waals surface area contributed by atoms with Crippen LogP contribution in [-0.2, 0) is 0 Å². The first-order valence-corrected chi connectivity index (χ1v) is 6.96. The van der Waals surface area contributed by atoms with Gasteiger partial charge in [-0.25, -0.2) is 0 Å². The maximum absolute atomic E-state index is 4.29. The largest absolute Gasteiger partial charge is 0.310 e. The van der Waals surface area contributed by atoms with Crippen LogP contribution in [0.4, 0.5) is 0 Å². The Hall–Kier alpha value is -1.41. The van der Waals surface area contributed by atoms with E-state index in [2.05, 4.69) is 41.5 Å². The lowest BCUT2D eigenvalue weighted by atomic mass is 9.97. The van der Waals surface area contributed by atoms with Crippen molar-refractivity contribution in [3.8, 4) is 0 Å². The molecule has 1 aromatic carbocycles. The summed E-state index contributed by atoms with van der Waals surface area (Å²) in [4.78, 5) is 4.29. The number of nitrogens with zero attached hydrogens (tertiary/aromatic N) is 1. The number of rotatable bonds is 5. The molecule has 94 valence electrons. The number of hydrogen-bond acceptors (Lipinski definition) is 2. The van der Waals surface area contributed by atoms with Crippen LogP contribution in [0, 0.1) is 5.92 Å². The summed E-state index contributed by atoms with van der Waals surface area (Å²) in [7, 11) is 0. The van der Waals surface area contributed by atoms with Gasteiger partial charge in [0.1, 0.15) is 0 Å². The van der Waals surface area contributed by atoms with Crippen molar-refractivity contribution in [3.05, 3.63) is 42.2 Å². The van der Waals surface area contributed by atoms with Gasteiger partial charge >= 0.3 is 0 Å². The molecule has 1 fully saturated rings. The van der Waals surface area contributed by atoms with E-state index < -0.39 is 0 Å². The first-order valence-electron chi connectivity index (χ1n) is 6.96. The molecule has 0 aliphatic heterocycles. The molecule has 0 radical (unpaired) electrons. The van der Waals surface area contributed by atoms with Crippen LogP contribution < -0.4 is 5.32 Å². The predicted molar refractivity (Wildman–Crippen MR) is 75.5 cm³/mol. The summed E-state index contributed by atoms with van der Waals surface area (Å²) in [5.74, 6) is 0.822. The standard InChI is InChI=1S/C16H20N2/c1-2-9-18-16(13-6-7-13)14-5-3-4-12-8-10-17-11-15(12)14/h3-5,8,10-11,13,16,18H,2,6-7,9H2,1H3. The van der Waals surface area contributed by atoms with Crippen molar-refractivity contribution in [1.29, 1.82) is 0 Å². The van der Waals surface area contributed by atoms with Crippen LogP contribution in [0.15, 0.2) is 36.7 Å². The number of pyridine rings is 1.